The van der Waals surface area contributed by atoms with Crippen LogP contribution in [0, 0.1) is 11.3 Å². The van der Waals surface area contributed by atoms with E-state index < -0.39 is 17.3 Å². The molecule has 2 aliphatic rings. The number of hydrogen-bond donors (Lipinski definition) is 1. The van der Waals surface area contributed by atoms with Crippen molar-refractivity contribution in [1.29, 1.82) is 0 Å². The van der Waals surface area contributed by atoms with Crippen LogP contribution in [-0.2, 0) is 14.3 Å². The lowest BCUT2D eigenvalue weighted by Crippen LogP contribution is -2.44. The average Bonchev–Trinajstić information content (AvgIpc) is 2.40. The van der Waals surface area contributed by atoms with Crippen molar-refractivity contribution >= 4 is 11.9 Å². The van der Waals surface area contributed by atoms with Gasteiger partial charge in [0, 0.05) is 0 Å². The van der Waals surface area contributed by atoms with Gasteiger partial charge in [-0.25, -0.2) is 0 Å². The molecule has 2 unspecified atom stereocenters. The first-order valence-electron chi connectivity index (χ1n) is 7.48. The van der Waals surface area contributed by atoms with E-state index in [0.29, 0.717) is 12.8 Å². The standard InChI is InChI=1S/C15H24O4/c1-15(14(17)18)10-6-5-9-12(15)13(16)19-11-7-3-2-4-8-11/h11-12H,2-10H2,1H3,(H,17,18). The monoisotopic (exact) mass is 268 g/mol. The van der Waals surface area contributed by atoms with E-state index in [1.54, 1.807) is 6.92 Å². The van der Waals surface area contributed by atoms with Gasteiger partial charge in [-0.1, -0.05) is 19.3 Å². The highest BCUT2D eigenvalue weighted by Gasteiger charge is 2.48. The maximum Gasteiger partial charge on any atom is 0.310 e. The van der Waals surface area contributed by atoms with Gasteiger partial charge in [0.1, 0.15) is 6.10 Å². The van der Waals surface area contributed by atoms with Crippen LogP contribution >= 0.6 is 0 Å². The van der Waals surface area contributed by atoms with Crippen LogP contribution in [0.2, 0.25) is 0 Å². The molecule has 1 N–H and O–H groups in total. The van der Waals surface area contributed by atoms with Crippen LogP contribution in [0.25, 0.3) is 0 Å². The second kappa shape index (κ2) is 5.93. The SMILES string of the molecule is CC1(C(=O)O)CCCCC1C(=O)OC1CCCCC1. The van der Waals surface area contributed by atoms with Gasteiger partial charge < -0.3 is 9.84 Å². The van der Waals surface area contributed by atoms with E-state index in [9.17, 15) is 14.7 Å². The summed E-state index contributed by atoms with van der Waals surface area (Å²) in [6.45, 7) is 1.70. The summed E-state index contributed by atoms with van der Waals surface area (Å²) < 4.78 is 5.57. The van der Waals surface area contributed by atoms with E-state index in [2.05, 4.69) is 0 Å². The fourth-order valence-electron chi connectivity index (χ4n) is 3.40. The van der Waals surface area contributed by atoms with Gasteiger partial charge in [-0.3, -0.25) is 9.59 Å². The molecule has 0 heterocycles. The predicted octanol–water partition coefficient (Wildman–Crippen LogP) is 3.14. The Hall–Kier alpha value is -1.06. The Labute approximate surface area is 114 Å². The molecular formula is C15H24O4. The highest BCUT2D eigenvalue weighted by molar-refractivity contribution is 5.84. The van der Waals surface area contributed by atoms with Gasteiger partial charge in [0.25, 0.3) is 0 Å². The zero-order valence-corrected chi connectivity index (χ0v) is 11.7. The smallest absolute Gasteiger partial charge is 0.310 e. The minimum atomic E-state index is -0.940. The summed E-state index contributed by atoms with van der Waals surface area (Å²) in [5, 5.41) is 9.41. The maximum atomic E-state index is 12.3. The fraction of sp³-hybridized carbons (Fsp3) is 0.867. The van der Waals surface area contributed by atoms with E-state index in [1.807, 2.05) is 0 Å². The molecule has 19 heavy (non-hydrogen) atoms. The van der Waals surface area contributed by atoms with Crippen LogP contribution in [0.15, 0.2) is 0 Å². The number of aliphatic carboxylic acids is 1. The van der Waals surface area contributed by atoms with Crippen molar-refractivity contribution in [3.63, 3.8) is 0 Å². The van der Waals surface area contributed by atoms with Gasteiger partial charge in [-0.05, 0) is 45.4 Å². The fourth-order valence-corrected chi connectivity index (χ4v) is 3.40. The molecule has 0 aromatic heterocycles. The Balaban J connectivity index is 2.01. The number of esters is 1. The lowest BCUT2D eigenvalue weighted by Gasteiger charge is -2.37. The Bertz CT molecular complexity index is 346. The van der Waals surface area contributed by atoms with Crippen molar-refractivity contribution in [2.75, 3.05) is 0 Å². The minimum Gasteiger partial charge on any atom is -0.481 e. The number of carboxylic acids is 1. The van der Waals surface area contributed by atoms with Crippen molar-refractivity contribution in [2.45, 2.75) is 70.8 Å². The van der Waals surface area contributed by atoms with Gasteiger partial charge in [-0.2, -0.15) is 0 Å². The lowest BCUT2D eigenvalue weighted by atomic mass is 9.67. The minimum absolute atomic E-state index is 0.0150. The quantitative estimate of drug-likeness (QED) is 0.799. The van der Waals surface area contributed by atoms with Crippen LogP contribution in [0.5, 0.6) is 0 Å². The Morgan fingerprint density at radius 2 is 1.68 bits per heavy atom. The lowest BCUT2D eigenvalue weighted by molar-refractivity contribution is -0.172. The second-order valence-corrected chi connectivity index (χ2v) is 6.22. The molecule has 0 radical (unpaired) electrons. The van der Waals surface area contributed by atoms with Crippen molar-refractivity contribution in [1.82, 2.24) is 0 Å². The molecule has 2 fully saturated rings. The van der Waals surface area contributed by atoms with E-state index in [4.69, 9.17) is 4.74 Å². The van der Waals surface area contributed by atoms with Crippen LogP contribution in [-0.4, -0.2) is 23.1 Å². The molecule has 0 saturated heterocycles. The number of ether oxygens (including phenoxy) is 1. The van der Waals surface area contributed by atoms with Crippen molar-refractivity contribution < 1.29 is 19.4 Å². The molecule has 0 aromatic rings. The van der Waals surface area contributed by atoms with Crippen LogP contribution in [0.1, 0.15) is 64.7 Å². The van der Waals surface area contributed by atoms with Crippen molar-refractivity contribution in [3.05, 3.63) is 0 Å². The zero-order valence-electron chi connectivity index (χ0n) is 11.7. The number of carboxylic acid groups (broad SMARTS) is 1. The van der Waals surface area contributed by atoms with Crippen LogP contribution in [0.3, 0.4) is 0 Å². The summed E-state index contributed by atoms with van der Waals surface area (Å²) in [4.78, 5) is 23.8. The van der Waals surface area contributed by atoms with Gasteiger partial charge in [-0.15, -0.1) is 0 Å². The van der Waals surface area contributed by atoms with Gasteiger partial charge >= 0.3 is 11.9 Å². The molecule has 2 rings (SSSR count). The molecular weight excluding hydrogens is 244 g/mol. The first kappa shape index (κ1) is 14.4. The molecule has 0 amide bonds. The normalized spacial score (nSPS) is 32.8. The zero-order chi connectivity index (χ0) is 13.9. The Kier molecular flexibility index (Phi) is 4.48. The van der Waals surface area contributed by atoms with Crippen LogP contribution in [0.4, 0.5) is 0 Å². The summed E-state index contributed by atoms with van der Waals surface area (Å²) in [6.07, 6.45) is 8.35. The molecule has 2 aliphatic carbocycles. The average molecular weight is 268 g/mol. The molecule has 4 nitrogen and oxygen atoms in total. The number of hydrogen-bond acceptors (Lipinski definition) is 3. The molecule has 2 saturated carbocycles. The van der Waals surface area contributed by atoms with Crippen LogP contribution < -0.4 is 0 Å². The van der Waals surface area contributed by atoms with Crippen molar-refractivity contribution in [3.8, 4) is 0 Å². The number of rotatable bonds is 3. The first-order chi connectivity index (χ1) is 9.04. The molecule has 108 valence electrons. The summed E-state index contributed by atoms with van der Waals surface area (Å²) >= 11 is 0. The predicted molar refractivity (Wildman–Crippen MR) is 70.7 cm³/mol. The topological polar surface area (TPSA) is 63.6 Å². The summed E-state index contributed by atoms with van der Waals surface area (Å²) in [5.74, 6) is -1.62. The van der Waals surface area contributed by atoms with E-state index in [-0.39, 0.29) is 12.1 Å². The molecule has 0 bridgehead atoms. The number of carbonyl (C=O) groups is 2. The van der Waals surface area contributed by atoms with E-state index in [0.717, 1.165) is 38.5 Å². The third kappa shape index (κ3) is 3.10. The number of carbonyl (C=O) groups excluding carboxylic acids is 1. The van der Waals surface area contributed by atoms with E-state index in [1.165, 1.54) is 6.42 Å². The third-order valence-corrected chi connectivity index (χ3v) is 4.82. The summed E-state index contributed by atoms with van der Waals surface area (Å²) in [7, 11) is 0. The third-order valence-electron chi connectivity index (χ3n) is 4.82. The Morgan fingerprint density at radius 3 is 2.32 bits per heavy atom. The molecule has 0 aliphatic heterocycles. The van der Waals surface area contributed by atoms with Crippen molar-refractivity contribution in [2.24, 2.45) is 11.3 Å². The van der Waals surface area contributed by atoms with Gasteiger partial charge in [0.05, 0.1) is 11.3 Å². The molecule has 4 heteroatoms. The summed E-state index contributed by atoms with van der Waals surface area (Å²) in [5.41, 5.74) is -0.940. The maximum absolute atomic E-state index is 12.3. The summed E-state index contributed by atoms with van der Waals surface area (Å²) in [6, 6.07) is 0. The van der Waals surface area contributed by atoms with Gasteiger partial charge in [0.15, 0.2) is 0 Å². The van der Waals surface area contributed by atoms with Gasteiger partial charge in [0.2, 0.25) is 0 Å². The van der Waals surface area contributed by atoms with E-state index >= 15 is 0 Å². The second-order valence-electron chi connectivity index (χ2n) is 6.22. The Morgan fingerprint density at radius 1 is 1.05 bits per heavy atom. The first-order valence-corrected chi connectivity index (χ1v) is 7.48. The highest BCUT2D eigenvalue weighted by Crippen LogP contribution is 2.42. The molecule has 0 spiro atoms. The highest BCUT2D eigenvalue weighted by atomic mass is 16.5. The largest absolute Gasteiger partial charge is 0.481 e. The molecule has 2 atom stereocenters. The molecule has 0 aromatic carbocycles.